The Morgan fingerprint density at radius 2 is 1.42 bits per heavy atom. The Bertz CT molecular complexity index is 910. The second-order valence-corrected chi connectivity index (χ2v) is 5.36. The number of nitrogens with one attached hydrogen (secondary N) is 2. The summed E-state index contributed by atoms with van der Waals surface area (Å²) < 4.78 is 63.5. The van der Waals surface area contributed by atoms with Crippen molar-refractivity contribution >= 4 is 29.4 Å². The van der Waals surface area contributed by atoms with Crippen LogP contribution in [0, 0.1) is 0 Å². The topological polar surface area (TPSA) is 142 Å². The standard InChI is InChI=1S/C12H10N4O.2C2HF3O2/c17-11-7-14-10-5-9(6-15-12(10)16-11)8-1-3-13-4-2-8;2*3-2(4,5)1(6)7/h1-6,14H,7H2,(H,15,16,17);2*(H,6,7). The number of aromatic nitrogens is 2. The Morgan fingerprint density at radius 1 is 0.935 bits per heavy atom. The van der Waals surface area contributed by atoms with Crippen LogP contribution in [0.4, 0.5) is 37.8 Å². The van der Waals surface area contributed by atoms with Gasteiger partial charge in [-0.2, -0.15) is 26.3 Å². The van der Waals surface area contributed by atoms with Gasteiger partial charge in [0, 0.05) is 24.2 Å². The molecule has 15 heteroatoms. The molecule has 0 fully saturated rings. The van der Waals surface area contributed by atoms with Gasteiger partial charge in [-0.25, -0.2) is 14.6 Å². The summed E-state index contributed by atoms with van der Waals surface area (Å²) in [5.74, 6) is -5.00. The van der Waals surface area contributed by atoms with Crippen LogP contribution < -0.4 is 10.6 Å². The maximum absolute atomic E-state index is 11.2. The van der Waals surface area contributed by atoms with Crippen molar-refractivity contribution in [3.63, 3.8) is 0 Å². The lowest BCUT2D eigenvalue weighted by Gasteiger charge is -2.18. The summed E-state index contributed by atoms with van der Waals surface area (Å²) in [5, 5.41) is 20.0. The third kappa shape index (κ3) is 8.55. The third-order valence-electron chi connectivity index (χ3n) is 3.08. The summed E-state index contributed by atoms with van der Waals surface area (Å²) in [4.78, 5) is 37.2. The first-order chi connectivity index (χ1) is 14.2. The molecule has 31 heavy (non-hydrogen) atoms. The molecule has 1 amide bonds. The van der Waals surface area contributed by atoms with E-state index in [0.29, 0.717) is 5.82 Å². The molecule has 3 rings (SSSR count). The van der Waals surface area contributed by atoms with Crippen molar-refractivity contribution in [1.82, 2.24) is 9.97 Å². The van der Waals surface area contributed by atoms with E-state index in [1.54, 1.807) is 18.6 Å². The molecule has 2 aromatic rings. The number of carboxylic acid groups (broad SMARTS) is 2. The van der Waals surface area contributed by atoms with Gasteiger partial charge in [-0.1, -0.05) is 0 Å². The van der Waals surface area contributed by atoms with Crippen LogP contribution >= 0.6 is 0 Å². The molecule has 0 aliphatic carbocycles. The van der Waals surface area contributed by atoms with Crippen molar-refractivity contribution in [2.45, 2.75) is 12.4 Å². The molecule has 1 aliphatic rings. The zero-order valence-electron chi connectivity index (χ0n) is 15.0. The minimum atomic E-state index is -5.08. The highest BCUT2D eigenvalue weighted by Crippen LogP contribution is 2.27. The zero-order chi connectivity index (χ0) is 23.8. The second kappa shape index (κ2) is 10.2. The van der Waals surface area contributed by atoms with E-state index in [1.165, 1.54) is 0 Å². The van der Waals surface area contributed by atoms with E-state index in [4.69, 9.17) is 19.8 Å². The normalized spacial score (nSPS) is 12.5. The quantitative estimate of drug-likeness (QED) is 0.482. The van der Waals surface area contributed by atoms with Crippen molar-refractivity contribution < 1.29 is 50.9 Å². The van der Waals surface area contributed by atoms with Crippen molar-refractivity contribution in [1.29, 1.82) is 0 Å². The third-order valence-corrected chi connectivity index (χ3v) is 3.08. The van der Waals surface area contributed by atoms with Gasteiger partial charge in [-0.15, -0.1) is 0 Å². The second-order valence-electron chi connectivity index (χ2n) is 5.36. The van der Waals surface area contributed by atoms with E-state index >= 15 is 0 Å². The molecule has 9 nitrogen and oxygen atoms in total. The van der Waals surface area contributed by atoms with Gasteiger partial charge in [-0.3, -0.25) is 9.78 Å². The molecular formula is C16H12F6N4O5. The van der Waals surface area contributed by atoms with Crippen molar-refractivity contribution in [2.24, 2.45) is 0 Å². The number of hydrogen-bond acceptors (Lipinski definition) is 6. The van der Waals surface area contributed by atoms with Crippen LogP contribution in [-0.2, 0) is 14.4 Å². The highest BCUT2D eigenvalue weighted by molar-refractivity contribution is 5.99. The van der Waals surface area contributed by atoms with E-state index < -0.39 is 24.3 Å². The number of carbonyl (C=O) groups excluding carboxylic acids is 1. The smallest absolute Gasteiger partial charge is 0.475 e. The molecule has 2 aromatic heterocycles. The number of aliphatic carboxylic acids is 2. The van der Waals surface area contributed by atoms with Gasteiger partial charge in [0.1, 0.15) is 0 Å². The van der Waals surface area contributed by atoms with Gasteiger partial charge in [0.15, 0.2) is 5.82 Å². The minimum absolute atomic E-state index is 0.0679. The van der Waals surface area contributed by atoms with Crippen molar-refractivity contribution in [3.8, 4) is 11.1 Å². The van der Waals surface area contributed by atoms with E-state index in [1.807, 2.05) is 18.2 Å². The number of halogens is 6. The number of carbonyl (C=O) groups is 3. The van der Waals surface area contributed by atoms with Crippen LogP contribution in [0.15, 0.2) is 36.8 Å². The highest BCUT2D eigenvalue weighted by atomic mass is 19.4. The number of amides is 1. The van der Waals surface area contributed by atoms with Crippen LogP contribution in [-0.4, -0.2) is 56.9 Å². The molecule has 0 aromatic carbocycles. The largest absolute Gasteiger partial charge is 0.490 e. The van der Waals surface area contributed by atoms with Crippen LogP contribution in [0.5, 0.6) is 0 Å². The van der Waals surface area contributed by atoms with Gasteiger partial charge < -0.3 is 20.8 Å². The lowest BCUT2D eigenvalue weighted by atomic mass is 10.1. The van der Waals surface area contributed by atoms with E-state index in [2.05, 4.69) is 20.6 Å². The first-order valence-corrected chi connectivity index (χ1v) is 7.76. The lowest BCUT2D eigenvalue weighted by molar-refractivity contribution is -0.193. The summed E-state index contributed by atoms with van der Waals surface area (Å²) in [6.07, 6.45) is -4.95. The average Bonchev–Trinajstić information content (AvgIpc) is 2.67. The predicted octanol–water partition coefficient (Wildman–Crippen LogP) is 2.77. The number of anilines is 2. The number of rotatable bonds is 1. The maximum Gasteiger partial charge on any atom is 0.490 e. The molecule has 0 atom stereocenters. The van der Waals surface area contributed by atoms with E-state index in [0.717, 1.165) is 16.8 Å². The molecule has 0 radical (unpaired) electrons. The zero-order valence-corrected chi connectivity index (χ0v) is 15.0. The number of fused-ring (bicyclic) bond motifs is 1. The van der Waals surface area contributed by atoms with Gasteiger partial charge in [0.25, 0.3) is 0 Å². The fourth-order valence-electron chi connectivity index (χ4n) is 1.75. The molecule has 1 aliphatic heterocycles. The molecule has 0 spiro atoms. The number of nitrogens with zero attached hydrogens (tertiary/aromatic N) is 2. The fraction of sp³-hybridized carbons (Fsp3) is 0.188. The fourth-order valence-corrected chi connectivity index (χ4v) is 1.75. The lowest BCUT2D eigenvalue weighted by Crippen LogP contribution is -2.28. The molecule has 0 unspecified atom stereocenters. The summed E-state index contributed by atoms with van der Waals surface area (Å²) >= 11 is 0. The molecule has 0 bridgehead atoms. The highest BCUT2D eigenvalue weighted by Gasteiger charge is 2.38. The summed E-state index contributed by atoms with van der Waals surface area (Å²) in [6, 6.07) is 5.81. The van der Waals surface area contributed by atoms with Crippen molar-refractivity contribution in [2.75, 3.05) is 17.2 Å². The molecule has 0 saturated heterocycles. The number of alkyl halides is 6. The molecule has 0 saturated carbocycles. The Labute approximate surface area is 168 Å². The van der Waals surface area contributed by atoms with E-state index in [-0.39, 0.29) is 12.5 Å². The Kier molecular flexibility index (Phi) is 8.28. The van der Waals surface area contributed by atoms with Crippen LogP contribution in [0.25, 0.3) is 11.1 Å². The Hall–Kier alpha value is -3.91. The number of carboxylic acids is 2. The van der Waals surface area contributed by atoms with E-state index in [9.17, 15) is 31.1 Å². The van der Waals surface area contributed by atoms with Gasteiger partial charge >= 0.3 is 24.3 Å². The Morgan fingerprint density at radius 3 is 1.87 bits per heavy atom. The summed E-state index contributed by atoms with van der Waals surface area (Å²) in [6.45, 7) is 0.286. The average molecular weight is 454 g/mol. The Balaban J connectivity index is 0.000000288. The predicted molar refractivity (Wildman–Crippen MR) is 92.0 cm³/mol. The maximum atomic E-state index is 11.2. The van der Waals surface area contributed by atoms with Gasteiger partial charge in [-0.05, 0) is 23.8 Å². The molecule has 168 valence electrons. The SMILES string of the molecule is O=C(O)C(F)(F)F.O=C(O)C(F)(F)F.O=C1CNc2cc(-c3ccncc3)cnc2N1. The monoisotopic (exact) mass is 454 g/mol. The van der Waals surface area contributed by atoms with Crippen LogP contribution in [0.3, 0.4) is 0 Å². The number of pyridine rings is 2. The minimum Gasteiger partial charge on any atom is -0.475 e. The first-order valence-electron chi connectivity index (χ1n) is 7.76. The first kappa shape index (κ1) is 25.1. The number of hydrogen-bond donors (Lipinski definition) is 4. The summed E-state index contributed by atoms with van der Waals surface area (Å²) in [7, 11) is 0. The van der Waals surface area contributed by atoms with Crippen LogP contribution in [0.1, 0.15) is 0 Å². The molecule has 3 heterocycles. The molecular weight excluding hydrogens is 442 g/mol. The van der Waals surface area contributed by atoms with Gasteiger partial charge in [0.2, 0.25) is 5.91 Å². The summed E-state index contributed by atoms with van der Waals surface area (Å²) in [5.41, 5.74) is 2.89. The van der Waals surface area contributed by atoms with Crippen molar-refractivity contribution in [3.05, 3.63) is 36.8 Å². The molecule has 4 N–H and O–H groups in total. The van der Waals surface area contributed by atoms with Gasteiger partial charge in [0.05, 0.1) is 12.2 Å². The van der Waals surface area contributed by atoms with Crippen LogP contribution in [0.2, 0.25) is 0 Å².